The first-order chi connectivity index (χ1) is 9.60. The van der Waals surface area contributed by atoms with Crippen LogP contribution in [0, 0.1) is 0 Å². The van der Waals surface area contributed by atoms with E-state index in [1.54, 1.807) is 24.4 Å². The number of hydrogen-bond donors (Lipinski definition) is 2. The Morgan fingerprint density at radius 3 is 3.00 bits per heavy atom. The minimum atomic E-state index is -0.411. The van der Waals surface area contributed by atoms with Crippen LogP contribution >= 0.6 is 0 Å². The zero-order valence-corrected chi connectivity index (χ0v) is 11.5. The maximum absolute atomic E-state index is 11.7. The summed E-state index contributed by atoms with van der Waals surface area (Å²) in [5, 5.41) is 7.42. The molecule has 106 valence electrons. The molecule has 0 aliphatic carbocycles. The van der Waals surface area contributed by atoms with Crippen LogP contribution in [0.2, 0.25) is 0 Å². The van der Waals surface area contributed by atoms with Crippen LogP contribution in [0.25, 0.3) is 0 Å². The highest BCUT2D eigenvalue weighted by Gasteiger charge is 2.14. The summed E-state index contributed by atoms with van der Waals surface area (Å²) in [5.41, 5.74) is 7.36. The minimum absolute atomic E-state index is 0.0990. The third-order valence-corrected chi connectivity index (χ3v) is 2.87. The Balaban J connectivity index is 2.14. The van der Waals surface area contributed by atoms with Gasteiger partial charge in [-0.2, -0.15) is 5.10 Å². The number of benzene rings is 1. The quantitative estimate of drug-likeness (QED) is 0.641. The molecular weight excluding hydrogens is 256 g/mol. The highest BCUT2D eigenvalue weighted by molar-refractivity contribution is 5.96. The van der Waals surface area contributed by atoms with Crippen LogP contribution in [0.5, 0.6) is 0 Å². The van der Waals surface area contributed by atoms with Gasteiger partial charge in [-0.1, -0.05) is 0 Å². The van der Waals surface area contributed by atoms with E-state index in [9.17, 15) is 4.79 Å². The maximum atomic E-state index is 11.7. The zero-order chi connectivity index (χ0) is 14.5. The SMILES string of the molecule is COC(=O)c1cc(N)ccc1NC(C)Cn1cccn1. The third kappa shape index (κ3) is 3.28. The molecule has 0 amide bonds. The van der Waals surface area contributed by atoms with E-state index in [0.29, 0.717) is 23.5 Å². The van der Waals surface area contributed by atoms with Crippen molar-refractivity contribution in [2.45, 2.75) is 19.5 Å². The summed E-state index contributed by atoms with van der Waals surface area (Å²) >= 11 is 0. The second-order valence-corrected chi connectivity index (χ2v) is 4.57. The average molecular weight is 274 g/mol. The van der Waals surface area contributed by atoms with Gasteiger partial charge in [0.2, 0.25) is 0 Å². The van der Waals surface area contributed by atoms with Gasteiger partial charge in [-0.25, -0.2) is 4.79 Å². The first-order valence-corrected chi connectivity index (χ1v) is 6.32. The molecule has 1 heterocycles. The van der Waals surface area contributed by atoms with Gasteiger partial charge in [-0.3, -0.25) is 4.68 Å². The lowest BCUT2D eigenvalue weighted by Crippen LogP contribution is -2.23. The summed E-state index contributed by atoms with van der Waals surface area (Å²) in [6.07, 6.45) is 3.62. The molecule has 1 aromatic heterocycles. The zero-order valence-electron chi connectivity index (χ0n) is 11.5. The normalized spacial score (nSPS) is 11.9. The second-order valence-electron chi connectivity index (χ2n) is 4.57. The molecule has 1 aromatic carbocycles. The van der Waals surface area contributed by atoms with Crippen LogP contribution in [-0.2, 0) is 11.3 Å². The number of nitrogen functional groups attached to an aromatic ring is 1. The van der Waals surface area contributed by atoms with Gasteiger partial charge in [-0.15, -0.1) is 0 Å². The van der Waals surface area contributed by atoms with Gasteiger partial charge in [0.05, 0.1) is 19.2 Å². The molecule has 6 nitrogen and oxygen atoms in total. The molecule has 3 N–H and O–H groups in total. The van der Waals surface area contributed by atoms with Crippen LogP contribution in [0.1, 0.15) is 17.3 Å². The lowest BCUT2D eigenvalue weighted by molar-refractivity contribution is 0.0602. The van der Waals surface area contributed by atoms with Crippen molar-refractivity contribution in [2.75, 3.05) is 18.2 Å². The fourth-order valence-corrected chi connectivity index (χ4v) is 1.97. The molecule has 0 saturated heterocycles. The molecule has 0 aliphatic heterocycles. The van der Waals surface area contributed by atoms with Gasteiger partial charge in [0, 0.05) is 29.8 Å². The molecule has 6 heteroatoms. The van der Waals surface area contributed by atoms with Crippen molar-refractivity contribution >= 4 is 17.3 Å². The maximum Gasteiger partial charge on any atom is 0.340 e. The standard InChI is InChI=1S/C14H18N4O2/c1-10(9-18-7-3-6-16-18)17-13-5-4-11(15)8-12(13)14(19)20-2/h3-8,10,17H,9,15H2,1-2H3. The molecule has 0 spiro atoms. The third-order valence-electron chi connectivity index (χ3n) is 2.87. The monoisotopic (exact) mass is 274 g/mol. The Kier molecular flexibility index (Phi) is 4.24. The number of anilines is 2. The van der Waals surface area contributed by atoms with E-state index in [2.05, 4.69) is 10.4 Å². The van der Waals surface area contributed by atoms with Crippen LogP contribution in [-0.4, -0.2) is 28.9 Å². The smallest absolute Gasteiger partial charge is 0.340 e. The number of nitrogens with one attached hydrogen (secondary N) is 1. The van der Waals surface area contributed by atoms with Gasteiger partial charge in [-0.05, 0) is 31.2 Å². The number of hydrogen-bond acceptors (Lipinski definition) is 5. The van der Waals surface area contributed by atoms with Gasteiger partial charge in [0.1, 0.15) is 0 Å². The van der Waals surface area contributed by atoms with Crippen LogP contribution in [0.3, 0.4) is 0 Å². The highest BCUT2D eigenvalue weighted by Crippen LogP contribution is 2.21. The Morgan fingerprint density at radius 2 is 2.35 bits per heavy atom. The number of carbonyl (C=O) groups is 1. The molecular formula is C14H18N4O2. The lowest BCUT2D eigenvalue weighted by Gasteiger charge is -2.17. The molecule has 1 atom stereocenters. The summed E-state index contributed by atoms with van der Waals surface area (Å²) in [4.78, 5) is 11.7. The lowest BCUT2D eigenvalue weighted by atomic mass is 10.1. The molecule has 20 heavy (non-hydrogen) atoms. The fourth-order valence-electron chi connectivity index (χ4n) is 1.97. The van der Waals surface area contributed by atoms with Gasteiger partial charge >= 0.3 is 5.97 Å². The van der Waals surface area contributed by atoms with Crippen molar-refractivity contribution in [3.63, 3.8) is 0 Å². The molecule has 0 radical (unpaired) electrons. The summed E-state index contributed by atoms with van der Waals surface area (Å²) in [6, 6.07) is 7.10. The number of ether oxygens (including phenoxy) is 1. The van der Waals surface area contributed by atoms with Crippen LogP contribution in [0.15, 0.2) is 36.7 Å². The number of carbonyl (C=O) groups excluding carboxylic acids is 1. The van der Waals surface area contributed by atoms with E-state index in [4.69, 9.17) is 10.5 Å². The minimum Gasteiger partial charge on any atom is -0.465 e. The number of esters is 1. The number of nitrogens with two attached hydrogens (primary N) is 1. The summed E-state index contributed by atoms with van der Waals surface area (Å²) in [7, 11) is 1.35. The molecule has 2 aromatic rings. The second kappa shape index (κ2) is 6.10. The number of rotatable bonds is 5. The van der Waals surface area contributed by atoms with Crippen molar-refractivity contribution in [1.82, 2.24) is 9.78 Å². The Hall–Kier alpha value is -2.50. The molecule has 1 unspecified atom stereocenters. The van der Waals surface area contributed by atoms with E-state index >= 15 is 0 Å². The molecule has 0 aliphatic rings. The highest BCUT2D eigenvalue weighted by atomic mass is 16.5. The Labute approximate surface area is 117 Å². The first kappa shape index (κ1) is 13.9. The predicted molar refractivity (Wildman–Crippen MR) is 77.5 cm³/mol. The van der Waals surface area contributed by atoms with Crippen LogP contribution in [0.4, 0.5) is 11.4 Å². The van der Waals surface area contributed by atoms with Crippen molar-refractivity contribution in [3.05, 3.63) is 42.2 Å². The van der Waals surface area contributed by atoms with Crippen molar-refractivity contribution in [3.8, 4) is 0 Å². The van der Waals surface area contributed by atoms with E-state index in [-0.39, 0.29) is 6.04 Å². The van der Waals surface area contributed by atoms with E-state index in [1.807, 2.05) is 23.9 Å². The summed E-state index contributed by atoms with van der Waals surface area (Å²) < 4.78 is 6.59. The summed E-state index contributed by atoms with van der Waals surface area (Å²) in [6.45, 7) is 2.71. The number of methoxy groups -OCH3 is 1. The Bertz CT molecular complexity index is 581. The van der Waals surface area contributed by atoms with Crippen molar-refractivity contribution < 1.29 is 9.53 Å². The van der Waals surface area contributed by atoms with E-state index in [1.165, 1.54) is 7.11 Å². The van der Waals surface area contributed by atoms with Crippen molar-refractivity contribution in [2.24, 2.45) is 0 Å². The summed E-state index contributed by atoms with van der Waals surface area (Å²) in [5.74, 6) is -0.411. The largest absolute Gasteiger partial charge is 0.465 e. The fraction of sp³-hybridized carbons (Fsp3) is 0.286. The molecule has 0 bridgehead atoms. The Morgan fingerprint density at radius 1 is 1.55 bits per heavy atom. The first-order valence-electron chi connectivity index (χ1n) is 6.32. The number of aromatic nitrogens is 2. The van der Waals surface area contributed by atoms with Gasteiger partial charge in [0.15, 0.2) is 0 Å². The number of nitrogens with zero attached hydrogens (tertiary/aromatic N) is 2. The van der Waals surface area contributed by atoms with Gasteiger partial charge < -0.3 is 15.8 Å². The van der Waals surface area contributed by atoms with E-state index < -0.39 is 5.97 Å². The van der Waals surface area contributed by atoms with E-state index in [0.717, 1.165) is 0 Å². The van der Waals surface area contributed by atoms with Crippen molar-refractivity contribution in [1.29, 1.82) is 0 Å². The molecule has 0 saturated carbocycles. The molecule has 0 fully saturated rings. The predicted octanol–water partition coefficient (Wildman–Crippen LogP) is 1.75. The van der Waals surface area contributed by atoms with Crippen LogP contribution < -0.4 is 11.1 Å². The average Bonchev–Trinajstić information content (AvgIpc) is 2.92. The molecule has 2 rings (SSSR count). The van der Waals surface area contributed by atoms with Gasteiger partial charge in [0.25, 0.3) is 0 Å². The topological polar surface area (TPSA) is 82.2 Å².